The first-order valence-corrected chi connectivity index (χ1v) is 10.3. The fraction of sp³-hybridized carbons (Fsp3) is 0.652. The lowest BCUT2D eigenvalue weighted by Crippen LogP contribution is -2.40. The molecule has 0 saturated heterocycles. The molecule has 0 amide bonds. The van der Waals surface area contributed by atoms with Gasteiger partial charge in [0.1, 0.15) is 0 Å². The zero-order chi connectivity index (χ0) is 17.7. The molecule has 0 aliphatic heterocycles. The number of rotatable bonds is 7. The second kappa shape index (κ2) is 8.51. The largest absolute Gasteiger partial charge is 0.394 e. The van der Waals surface area contributed by atoms with E-state index in [1.54, 1.807) is 11.1 Å². The van der Waals surface area contributed by atoms with Crippen LogP contribution in [0.5, 0.6) is 0 Å². The monoisotopic (exact) mass is 341 g/mol. The van der Waals surface area contributed by atoms with Gasteiger partial charge in [0, 0.05) is 5.54 Å². The van der Waals surface area contributed by atoms with E-state index in [1.165, 1.54) is 50.5 Å². The summed E-state index contributed by atoms with van der Waals surface area (Å²) in [6.45, 7) is 2.22. The second-order valence-corrected chi connectivity index (χ2v) is 8.45. The zero-order valence-electron chi connectivity index (χ0n) is 15.8. The Bertz CT molecular complexity index is 594. The summed E-state index contributed by atoms with van der Waals surface area (Å²) in [6.07, 6.45) is 16.6. The number of aliphatic hydroxyl groups is 1. The van der Waals surface area contributed by atoms with Crippen molar-refractivity contribution in [3.8, 4) is 0 Å². The fourth-order valence-electron chi connectivity index (χ4n) is 4.80. The van der Waals surface area contributed by atoms with Crippen molar-refractivity contribution >= 4 is 0 Å². The van der Waals surface area contributed by atoms with Gasteiger partial charge in [-0.05, 0) is 86.8 Å². The number of aryl methyl sites for hydroxylation is 1. The number of nitrogens with two attached hydrogens (primary N) is 1. The van der Waals surface area contributed by atoms with E-state index in [9.17, 15) is 5.11 Å². The standard InChI is InChI=1S/C23H35NO/c1-2-3-4-5-6-7-18-8-9-20-15-21(11-10-19(20)14-18)22-12-13-23(24,16-22)17-25/h2-3,10-11,15,18,22,25H,4-9,12-14,16-17,24H2,1H3/b3-2+/t18-,22+,23-/m1/s1. The smallest absolute Gasteiger partial charge is 0.0611 e. The highest BCUT2D eigenvalue weighted by molar-refractivity contribution is 5.36. The molecule has 3 rings (SSSR count). The maximum Gasteiger partial charge on any atom is 0.0611 e. The number of fused-ring (bicyclic) bond motifs is 1. The average Bonchev–Trinajstić information content (AvgIpc) is 3.04. The number of benzene rings is 1. The van der Waals surface area contributed by atoms with Gasteiger partial charge in [-0.2, -0.15) is 0 Å². The summed E-state index contributed by atoms with van der Waals surface area (Å²) < 4.78 is 0. The third-order valence-electron chi connectivity index (χ3n) is 6.46. The number of aliphatic hydroxyl groups excluding tert-OH is 1. The summed E-state index contributed by atoms with van der Waals surface area (Å²) in [6, 6.07) is 7.17. The Morgan fingerprint density at radius 3 is 2.88 bits per heavy atom. The first-order valence-electron chi connectivity index (χ1n) is 10.3. The van der Waals surface area contributed by atoms with Gasteiger partial charge in [0.05, 0.1) is 6.61 Å². The second-order valence-electron chi connectivity index (χ2n) is 8.45. The molecule has 3 atom stereocenters. The molecular formula is C23H35NO. The van der Waals surface area contributed by atoms with Gasteiger partial charge >= 0.3 is 0 Å². The van der Waals surface area contributed by atoms with Crippen molar-refractivity contribution in [1.82, 2.24) is 0 Å². The predicted octanol–water partition coefficient (Wildman–Crippen LogP) is 4.89. The normalized spacial score (nSPS) is 29.2. The average molecular weight is 342 g/mol. The lowest BCUT2D eigenvalue weighted by molar-refractivity contribution is 0.198. The van der Waals surface area contributed by atoms with Crippen LogP contribution in [0.3, 0.4) is 0 Å². The van der Waals surface area contributed by atoms with E-state index in [-0.39, 0.29) is 12.1 Å². The van der Waals surface area contributed by atoms with E-state index in [4.69, 9.17) is 5.73 Å². The predicted molar refractivity (Wildman–Crippen MR) is 106 cm³/mol. The van der Waals surface area contributed by atoms with Gasteiger partial charge in [-0.15, -0.1) is 0 Å². The molecule has 1 fully saturated rings. The van der Waals surface area contributed by atoms with Crippen LogP contribution < -0.4 is 5.73 Å². The molecule has 3 N–H and O–H groups in total. The van der Waals surface area contributed by atoms with Gasteiger partial charge in [-0.25, -0.2) is 0 Å². The lowest BCUT2D eigenvalue weighted by atomic mass is 9.79. The Balaban J connectivity index is 1.55. The van der Waals surface area contributed by atoms with Gasteiger partial charge in [-0.1, -0.05) is 43.2 Å². The number of hydrogen-bond acceptors (Lipinski definition) is 2. The van der Waals surface area contributed by atoms with E-state index < -0.39 is 0 Å². The molecule has 0 radical (unpaired) electrons. The topological polar surface area (TPSA) is 46.2 Å². The van der Waals surface area contributed by atoms with Crippen LogP contribution in [0.25, 0.3) is 0 Å². The van der Waals surface area contributed by atoms with Crippen LogP contribution >= 0.6 is 0 Å². The molecule has 0 unspecified atom stereocenters. The van der Waals surface area contributed by atoms with Crippen LogP contribution in [-0.2, 0) is 12.8 Å². The van der Waals surface area contributed by atoms with Crippen molar-refractivity contribution in [2.75, 3.05) is 6.61 Å². The third-order valence-corrected chi connectivity index (χ3v) is 6.46. The van der Waals surface area contributed by atoms with Crippen molar-refractivity contribution in [3.63, 3.8) is 0 Å². The molecule has 2 heteroatoms. The van der Waals surface area contributed by atoms with Gasteiger partial charge in [0.2, 0.25) is 0 Å². The molecular weight excluding hydrogens is 306 g/mol. The number of hydrogen-bond donors (Lipinski definition) is 2. The summed E-state index contributed by atoms with van der Waals surface area (Å²) in [5.74, 6) is 1.41. The minimum Gasteiger partial charge on any atom is -0.394 e. The van der Waals surface area contributed by atoms with E-state index >= 15 is 0 Å². The summed E-state index contributed by atoms with van der Waals surface area (Å²) in [5, 5.41) is 9.50. The van der Waals surface area contributed by atoms with Gasteiger partial charge in [-0.3, -0.25) is 0 Å². The van der Waals surface area contributed by atoms with Gasteiger partial charge in [0.25, 0.3) is 0 Å². The minimum absolute atomic E-state index is 0.115. The zero-order valence-corrected chi connectivity index (χ0v) is 15.8. The SMILES string of the molecule is C/C=C/CCCC[C@@H]1CCc2cc([C@H]3CC[C@](N)(CO)C3)ccc2C1. The lowest BCUT2D eigenvalue weighted by Gasteiger charge is -2.26. The maximum absolute atomic E-state index is 9.50. The van der Waals surface area contributed by atoms with E-state index in [2.05, 4.69) is 37.3 Å². The summed E-state index contributed by atoms with van der Waals surface area (Å²) in [5.41, 5.74) is 10.5. The van der Waals surface area contributed by atoms with Crippen molar-refractivity contribution < 1.29 is 5.11 Å². The molecule has 2 nitrogen and oxygen atoms in total. The van der Waals surface area contributed by atoms with Crippen LogP contribution in [-0.4, -0.2) is 17.3 Å². The fourth-order valence-corrected chi connectivity index (χ4v) is 4.80. The van der Waals surface area contributed by atoms with Crippen LogP contribution in [0.1, 0.15) is 80.9 Å². The van der Waals surface area contributed by atoms with Crippen LogP contribution in [0.15, 0.2) is 30.4 Å². The highest BCUT2D eigenvalue weighted by Gasteiger charge is 2.36. The van der Waals surface area contributed by atoms with Crippen molar-refractivity contribution in [1.29, 1.82) is 0 Å². The first-order chi connectivity index (χ1) is 12.1. The Kier molecular flexibility index (Phi) is 6.35. The van der Waals surface area contributed by atoms with Crippen LogP contribution in [0.2, 0.25) is 0 Å². The Morgan fingerprint density at radius 2 is 2.12 bits per heavy atom. The summed E-state index contributed by atoms with van der Waals surface area (Å²) >= 11 is 0. The minimum atomic E-state index is -0.349. The molecule has 1 aromatic rings. The quantitative estimate of drug-likeness (QED) is 0.548. The van der Waals surface area contributed by atoms with E-state index in [0.717, 1.165) is 25.2 Å². The molecule has 2 aliphatic rings. The third kappa shape index (κ3) is 4.74. The molecule has 0 bridgehead atoms. The van der Waals surface area contributed by atoms with Crippen molar-refractivity contribution in [2.45, 2.75) is 82.6 Å². The number of allylic oxidation sites excluding steroid dienone is 2. The Hall–Kier alpha value is -1.12. The number of unbranched alkanes of at least 4 members (excludes halogenated alkanes) is 2. The Morgan fingerprint density at radius 1 is 1.24 bits per heavy atom. The highest BCUT2D eigenvalue weighted by Crippen LogP contribution is 2.40. The molecule has 0 spiro atoms. The molecule has 2 aliphatic carbocycles. The van der Waals surface area contributed by atoms with Crippen LogP contribution in [0.4, 0.5) is 0 Å². The van der Waals surface area contributed by atoms with E-state index in [1.807, 2.05) is 0 Å². The maximum atomic E-state index is 9.50. The van der Waals surface area contributed by atoms with Gasteiger partial charge < -0.3 is 10.8 Å². The highest BCUT2D eigenvalue weighted by atomic mass is 16.3. The van der Waals surface area contributed by atoms with Crippen molar-refractivity contribution in [2.24, 2.45) is 11.7 Å². The van der Waals surface area contributed by atoms with Crippen molar-refractivity contribution in [3.05, 3.63) is 47.0 Å². The van der Waals surface area contributed by atoms with Gasteiger partial charge in [0.15, 0.2) is 0 Å². The molecule has 0 aromatic heterocycles. The Labute approximate surface area is 153 Å². The molecule has 0 heterocycles. The summed E-state index contributed by atoms with van der Waals surface area (Å²) in [4.78, 5) is 0. The molecule has 1 aromatic carbocycles. The molecule has 25 heavy (non-hydrogen) atoms. The molecule has 1 saturated carbocycles. The van der Waals surface area contributed by atoms with Crippen LogP contribution in [0, 0.1) is 5.92 Å². The van der Waals surface area contributed by atoms with E-state index in [0.29, 0.717) is 5.92 Å². The first kappa shape index (κ1) is 18.7. The summed E-state index contributed by atoms with van der Waals surface area (Å²) in [7, 11) is 0. The molecule has 138 valence electrons.